The number of nitrogens with one attached hydrogen (secondary N) is 1. The van der Waals surface area contributed by atoms with E-state index in [1.54, 1.807) is 24.3 Å². The first-order valence-corrected chi connectivity index (χ1v) is 7.48. The van der Waals surface area contributed by atoms with Gasteiger partial charge < -0.3 is 5.32 Å². The summed E-state index contributed by atoms with van der Waals surface area (Å²) >= 11 is 0. The van der Waals surface area contributed by atoms with E-state index >= 15 is 0 Å². The number of hydroxylamine groups is 2. The molecule has 2 unspecified atom stereocenters. The first-order chi connectivity index (χ1) is 10.6. The van der Waals surface area contributed by atoms with Crippen molar-refractivity contribution in [1.82, 2.24) is 10.4 Å². The van der Waals surface area contributed by atoms with Gasteiger partial charge in [0.05, 0.1) is 17.2 Å². The Hall–Kier alpha value is -2.21. The van der Waals surface area contributed by atoms with Crippen LogP contribution in [0.4, 0.5) is 0 Å². The van der Waals surface area contributed by atoms with Crippen LogP contribution in [0, 0.1) is 0 Å². The van der Waals surface area contributed by atoms with Gasteiger partial charge >= 0.3 is 0 Å². The van der Waals surface area contributed by atoms with E-state index in [9.17, 15) is 14.4 Å². The minimum atomic E-state index is -0.415. The largest absolute Gasteiger partial charge is 0.354 e. The Labute approximate surface area is 128 Å². The second-order valence-corrected chi connectivity index (χ2v) is 5.74. The van der Waals surface area contributed by atoms with Crippen LogP contribution in [0.25, 0.3) is 0 Å². The van der Waals surface area contributed by atoms with Crippen LogP contribution in [0.3, 0.4) is 0 Å². The number of benzene rings is 1. The van der Waals surface area contributed by atoms with E-state index in [-0.39, 0.29) is 18.1 Å². The maximum Gasteiger partial charge on any atom is 0.285 e. The van der Waals surface area contributed by atoms with Gasteiger partial charge in [-0.05, 0) is 37.8 Å². The molecule has 1 aliphatic carbocycles. The van der Waals surface area contributed by atoms with Crippen LogP contribution in [-0.4, -0.2) is 34.9 Å². The maximum absolute atomic E-state index is 12.3. The van der Waals surface area contributed by atoms with E-state index in [1.807, 2.05) is 0 Å². The van der Waals surface area contributed by atoms with E-state index in [2.05, 4.69) is 5.32 Å². The average molecular weight is 302 g/mol. The Kier molecular flexibility index (Phi) is 3.94. The van der Waals surface area contributed by atoms with Gasteiger partial charge in [-0.1, -0.05) is 12.1 Å². The van der Waals surface area contributed by atoms with Gasteiger partial charge in [0.1, 0.15) is 0 Å². The number of nitrogens with zero attached hydrogens (tertiary/aromatic N) is 1. The molecule has 0 spiro atoms. The summed E-state index contributed by atoms with van der Waals surface area (Å²) < 4.78 is 0. The minimum Gasteiger partial charge on any atom is -0.354 e. The lowest BCUT2D eigenvalue weighted by atomic mass is 9.93. The van der Waals surface area contributed by atoms with Crippen LogP contribution in [0.1, 0.15) is 53.3 Å². The lowest BCUT2D eigenvalue weighted by Gasteiger charge is -2.30. The van der Waals surface area contributed by atoms with Gasteiger partial charge in [0.15, 0.2) is 0 Å². The number of hydrogen-bond acceptors (Lipinski definition) is 4. The van der Waals surface area contributed by atoms with Gasteiger partial charge in [0, 0.05) is 13.0 Å². The Morgan fingerprint density at radius 1 is 1.18 bits per heavy atom. The summed E-state index contributed by atoms with van der Waals surface area (Å²) in [5.74, 6) is -0.907. The number of fused-ring (bicyclic) bond motifs is 1. The van der Waals surface area contributed by atoms with Crippen molar-refractivity contribution in [1.29, 1.82) is 0 Å². The molecule has 0 radical (unpaired) electrons. The molecule has 1 aliphatic heterocycles. The van der Waals surface area contributed by atoms with Crippen molar-refractivity contribution < 1.29 is 19.2 Å². The SMILES string of the molecule is CC(=O)NC1CCCC(ON2C(=O)c3ccccc3C2=O)C1. The molecule has 1 aromatic rings. The third kappa shape index (κ3) is 2.74. The zero-order chi connectivity index (χ0) is 15.7. The van der Waals surface area contributed by atoms with Crippen LogP contribution in [0.5, 0.6) is 0 Å². The summed E-state index contributed by atoms with van der Waals surface area (Å²) in [6, 6.07) is 6.73. The predicted molar refractivity (Wildman–Crippen MR) is 77.9 cm³/mol. The monoisotopic (exact) mass is 302 g/mol. The lowest BCUT2D eigenvalue weighted by molar-refractivity contribution is -0.144. The summed E-state index contributed by atoms with van der Waals surface area (Å²) in [4.78, 5) is 41.3. The third-order valence-corrected chi connectivity index (χ3v) is 4.04. The molecule has 0 bridgehead atoms. The fourth-order valence-corrected chi connectivity index (χ4v) is 3.07. The topological polar surface area (TPSA) is 75.7 Å². The van der Waals surface area contributed by atoms with E-state index in [1.165, 1.54) is 6.92 Å². The van der Waals surface area contributed by atoms with Crippen molar-refractivity contribution >= 4 is 17.7 Å². The number of amides is 3. The fourth-order valence-electron chi connectivity index (χ4n) is 3.07. The molecule has 116 valence electrons. The summed E-state index contributed by atoms with van der Waals surface area (Å²) in [6.45, 7) is 1.48. The maximum atomic E-state index is 12.3. The van der Waals surface area contributed by atoms with Gasteiger partial charge in [0.25, 0.3) is 11.8 Å². The highest BCUT2D eigenvalue weighted by atomic mass is 16.7. The molecule has 1 heterocycles. The number of rotatable bonds is 3. The molecule has 1 N–H and O–H groups in total. The highest BCUT2D eigenvalue weighted by Crippen LogP contribution is 2.27. The lowest BCUT2D eigenvalue weighted by Crippen LogP contribution is -2.42. The van der Waals surface area contributed by atoms with E-state index in [0.29, 0.717) is 17.5 Å². The second kappa shape index (κ2) is 5.88. The van der Waals surface area contributed by atoms with Crippen molar-refractivity contribution in [2.75, 3.05) is 0 Å². The summed E-state index contributed by atoms with van der Waals surface area (Å²) in [7, 11) is 0. The predicted octanol–water partition coefficient (Wildman–Crippen LogP) is 1.66. The smallest absolute Gasteiger partial charge is 0.285 e. The summed E-state index contributed by atoms with van der Waals surface area (Å²) in [5, 5.41) is 3.74. The van der Waals surface area contributed by atoms with Crippen LogP contribution in [0.2, 0.25) is 0 Å². The molecule has 2 atom stereocenters. The van der Waals surface area contributed by atoms with Gasteiger partial charge in [-0.15, -0.1) is 5.06 Å². The van der Waals surface area contributed by atoms with Gasteiger partial charge in [-0.25, -0.2) is 0 Å². The molecule has 1 fully saturated rings. The molecule has 1 aromatic carbocycles. The Balaban J connectivity index is 1.68. The highest BCUT2D eigenvalue weighted by Gasteiger charge is 2.38. The van der Waals surface area contributed by atoms with Crippen molar-refractivity contribution in [3.8, 4) is 0 Å². The normalized spacial score (nSPS) is 24.3. The standard InChI is InChI=1S/C16H18N2O4/c1-10(19)17-11-5-4-6-12(9-11)22-18-15(20)13-7-2-3-8-14(13)16(18)21/h2-3,7-8,11-12H,4-6,9H2,1H3,(H,17,19). The minimum absolute atomic E-state index is 0.0337. The molecule has 3 amide bonds. The van der Waals surface area contributed by atoms with E-state index < -0.39 is 11.8 Å². The molecular formula is C16H18N2O4. The Morgan fingerprint density at radius 2 is 1.82 bits per heavy atom. The molecule has 0 aromatic heterocycles. The van der Waals surface area contributed by atoms with Crippen molar-refractivity contribution in [2.24, 2.45) is 0 Å². The van der Waals surface area contributed by atoms with E-state index in [0.717, 1.165) is 24.3 Å². The van der Waals surface area contributed by atoms with Crippen LogP contribution in [-0.2, 0) is 9.63 Å². The third-order valence-electron chi connectivity index (χ3n) is 4.04. The van der Waals surface area contributed by atoms with Crippen LogP contribution >= 0.6 is 0 Å². The zero-order valence-corrected chi connectivity index (χ0v) is 12.4. The molecule has 1 saturated carbocycles. The summed E-state index contributed by atoms with van der Waals surface area (Å²) in [5.41, 5.74) is 0.753. The quantitative estimate of drug-likeness (QED) is 0.862. The van der Waals surface area contributed by atoms with Crippen LogP contribution < -0.4 is 5.32 Å². The number of hydrogen-bond donors (Lipinski definition) is 1. The van der Waals surface area contributed by atoms with Crippen molar-refractivity contribution in [3.05, 3.63) is 35.4 Å². The highest BCUT2D eigenvalue weighted by molar-refractivity contribution is 6.20. The molecule has 2 aliphatic rings. The van der Waals surface area contributed by atoms with Crippen LogP contribution in [0.15, 0.2) is 24.3 Å². The molecule has 0 saturated heterocycles. The fraction of sp³-hybridized carbons (Fsp3) is 0.438. The zero-order valence-electron chi connectivity index (χ0n) is 12.4. The number of imide groups is 1. The first kappa shape index (κ1) is 14.7. The average Bonchev–Trinajstić information content (AvgIpc) is 2.73. The first-order valence-electron chi connectivity index (χ1n) is 7.48. The molecular weight excluding hydrogens is 284 g/mol. The number of carbonyl (C=O) groups excluding carboxylic acids is 3. The molecule has 3 rings (SSSR count). The van der Waals surface area contributed by atoms with Gasteiger partial charge in [-0.3, -0.25) is 19.2 Å². The van der Waals surface area contributed by atoms with Gasteiger partial charge in [0.2, 0.25) is 5.91 Å². The molecule has 22 heavy (non-hydrogen) atoms. The van der Waals surface area contributed by atoms with E-state index in [4.69, 9.17) is 4.84 Å². The second-order valence-electron chi connectivity index (χ2n) is 5.74. The number of carbonyl (C=O) groups is 3. The van der Waals surface area contributed by atoms with Crippen molar-refractivity contribution in [3.63, 3.8) is 0 Å². The van der Waals surface area contributed by atoms with Gasteiger partial charge in [-0.2, -0.15) is 0 Å². The Morgan fingerprint density at radius 3 is 2.41 bits per heavy atom. The Bertz CT molecular complexity index is 593. The molecule has 6 heteroatoms. The summed E-state index contributed by atoms with van der Waals surface area (Å²) in [6.07, 6.45) is 2.91. The molecule has 6 nitrogen and oxygen atoms in total. The van der Waals surface area contributed by atoms with Crippen molar-refractivity contribution in [2.45, 2.75) is 44.8 Å².